The molecule has 0 atom stereocenters. The van der Waals surface area contributed by atoms with E-state index in [1.807, 2.05) is 20.8 Å². The molecular weight excluding hydrogens is 260 g/mol. The van der Waals surface area contributed by atoms with Crippen molar-refractivity contribution < 1.29 is 8.78 Å². The van der Waals surface area contributed by atoms with Crippen molar-refractivity contribution in [1.82, 2.24) is 5.32 Å². The van der Waals surface area contributed by atoms with Crippen LogP contribution in [0.4, 0.5) is 8.78 Å². The molecule has 1 aliphatic rings. The Hall–Kier alpha value is -1.65. The van der Waals surface area contributed by atoms with Crippen molar-refractivity contribution in [2.24, 2.45) is 10.7 Å². The molecule has 1 fully saturated rings. The van der Waals surface area contributed by atoms with Gasteiger partial charge in [0, 0.05) is 16.5 Å². The molecule has 3 N–H and O–H groups in total. The third kappa shape index (κ3) is 3.26. The first-order valence-electron chi connectivity index (χ1n) is 6.76. The van der Waals surface area contributed by atoms with Crippen molar-refractivity contribution >= 4 is 5.96 Å². The third-order valence-corrected chi connectivity index (χ3v) is 3.40. The Labute approximate surface area is 118 Å². The van der Waals surface area contributed by atoms with Crippen LogP contribution in [0.3, 0.4) is 0 Å². The Bertz CT molecular complexity index is 508. The molecule has 2 rings (SSSR count). The standard InChI is InChI=1S/C15H21F2N3/c1-14(2,3)20-13(18)19-9-15(7-8-15)12-10(16)5-4-6-11(12)17/h4-6H,7-9H2,1-3H3,(H3,18,19,20). The number of guanidine groups is 1. The first-order valence-corrected chi connectivity index (χ1v) is 6.76. The van der Waals surface area contributed by atoms with Crippen LogP contribution in [0.5, 0.6) is 0 Å². The fourth-order valence-electron chi connectivity index (χ4n) is 2.30. The van der Waals surface area contributed by atoms with E-state index in [2.05, 4.69) is 10.3 Å². The summed E-state index contributed by atoms with van der Waals surface area (Å²) >= 11 is 0. The molecule has 0 bridgehead atoms. The van der Waals surface area contributed by atoms with Gasteiger partial charge in [-0.05, 0) is 45.7 Å². The molecule has 5 heteroatoms. The number of nitrogens with one attached hydrogen (secondary N) is 1. The predicted octanol–water partition coefficient (Wildman–Crippen LogP) is 2.70. The van der Waals surface area contributed by atoms with Crippen molar-refractivity contribution in [3.8, 4) is 0 Å². The smallest absolute Gasteiger partial charge is 0.189 e. The van der Waals surface area contributed by atoms with Crippen LogP contribution in [0, 0.1) is 11.6 Å². The molecule has 0 amide bonds. The highest BCUT2D eigenvalue weighted by Gasteiger charge is 2.47. The summed E-state index contributed by atoms with van der Waals surface area (Å²) in [5.41, 5.74) is 5.23. The van der Waals surface area contributed by atoms with E-state index >= 15 is 0 Å². The lowest BCUT2D eigenvalue weighted by molar-refractivity contribution is 0.501. The first-order chi connectivity index (χ1) is 9.23. The topological polar surface area (TPSA) is 50.4 Å². The number of hydrogen-bond acceptors (Lipinski definition) is 1. The molecule has 0 aromatic heterocycles. The summed E-state index contributed by atoms with van der Waals surface area (Å²) in [6.45, 7) is 6.22. The van der Waals surface area contributed by atoms with E-state index < -0.39 is 17.0 Å². The fourth-order valence-corrected chi connectivity index (χ4v) is 2.30. The van der Waals surface area contributed by atoms with Gasteiger partial charge in [0.25, 0.3) is 0 Å². The van der Waals surface area contributed by atoms with E-state index in [4.69, 9.17) is 5.73 Å². The average molecular weight is 281 g/mol. The van der Waals surface area contributed by atoms with Crippen molar-refractivity contribution in [3.05, 3.63) is 35.4 Å². The van der Waals surface area contributed by atoms with Gasteiger partial charge >= 0.3 is 0 Å². The van der Waals surface area contributed by atoms with E-state index in [0.29, 0.717) is 12.5 Å². The number of aliphatic imine (C=N–C) groups is 1. The molecule has 3 nitrogen and oxygen atoms in total. The highest BCUT2D eigenvalue weighted by Crippen LogP contribution is 2.50. The largest absolute Gasteiger partial charge is 0.370 e. The zero-order chi connectivity index (χ0) is 15.0. The zero-order valence-corrected chi connectivity index (χ0v) is 12.1. The lowest BCUT2D eigenvalue weighted by Gasteiger charge is -2.22. The summed E-state index contributed by atoms with van der Waals surface area (Å²) in [5, 5.41) is 3.04. The highest BCUT2D eigenvalue weighted by molar-refractivity contribution is 5.78. The van der Waals surface area contributed by atoms with Crippen LogP contribution >= 0.6 is 0 Å². The van der Waals surface area contributed by atoms with Crippen LogP contribution in [-0.2, 0) is 5.41 Å². The van der Waals surface area contributed by atoms with Crippen LogP contribution in [0.1, 0.15) is 39.2 Å². The van der Waals surface area contributed by atoms with Gasteiger partial charge in [-0.25, -0.2) is 8.78 Å². The van der Waals surface area contributed by atoms with Gasteiger partial charge in [0.15, 0.2) is 5.96 Å². The van der Waals surface area contributed by atoms with Gasteiger partial charge in [-0.3, -0.25) is 4.99 Å². The van der Waals surface area contributed by atoms with Crippen LogP contribution < -0.4 is 11.1 Å². The molecule has 110 valence electrons. The number of benzene rings is 1. The summed E-state index contributed by atoms with van der Waals surface area (Å²) in [6.07, 6.45) is 1.47. The second-order valence-electron chi connectivity index (χ2n) is 6.45. The lowest BCUT2D eigenvalue weighted by Crippen LogP contribution is -2.45. The summed E-state index contributed by atoms with van der Waals surface area (Å²) in [4.78, 5) is 4.25. The number of nitrogens with zero attached hydrogens (tertiary/aromatic N) is 1. The van der Waals surface area contributed by atoms with E-state index in [9.17, 15) is 8.78 Å². The molecule has 1 saturated carbocycles. The van der Waals surface area contributed by atoms with Crippen LogP contribution in [0.15, 0.2) is 23.2 Å². The van der Waals surface area contributed by atoms with Crippen LogP contribution in [-0.4, -0.2) is 18.0 Å². The van der Waals surface area contributed by atoms with Gasteiger partial charge in [-0.15, -0.1) is 0 Å². The molecule has 0 saturated heterocycles. The van der Waals surface area contributed by atoms with Crippen molar-refractivity contribution in [2.75, 3.05) is 6.54 Å². The molecule has 0 radical (unpaired) electrons. The molecule has 0 unspecified atom stereocenters. The number of hydrogen-bond donors (Lipinski definition) is 2. The van der Waals surface area contributed by atoms with Crippen LogP contribution in [0.25, 0.3) is 0 Å². The monoisotopic (exact) mass is 281 g/mol. The number of rotatable bonds is 3. The average Bonchev–Trinajstić information content (AvgIpc) is 3.05. The second kappa shape index (κ2) is 5.04. The Morgan fingerprint density at radius 2 is 1.85 bits per heavy atom. The van der Waals surface area contributed by atoms with Crippen molar-refractivity contribution in [1.29, 1.82) is 0 Å². The summed E-state index contributed by atoms with van der Waals surface area (Å²) in [6, 6.07) is 3.96. The Balaban J connectivity index is 2.15. The minimum absolute atomic E-state index is 0.146. The molecule has 0 heterocycles. The molecular formula is C15H21F2N3. The van der Waals surface area contributed by atoms with Gasteiger partial charge < -0.3 is 11.1 Å². The molecule has 0 spiro atoms. The summed E-state index contributed by atoms with van der Waals surface area (Å²) in [5.74, 6) is -0.694. The minimum Gasteiger partial charge on any atom is -0.370 e. The third-order valence-electron chi connectivity index (χ3n) is 3.40. The van der Waals surface area contributed by atoms with Crippen molar-refractivity contribution in [2.45, 2.75) is 44.6 Å². The summed E-state index contributed by atoms with van der Waals surface area (Å²) < 4.78 is 27.7. The van der Waals surface area contributed by atoms with E-state index in [-0.39, 0.29) is 11.1 Å². The first kappa shape index (κ1) is 14.8. The van der Waals surface area contributed by atoms with Gasteiger partial charge in [0.05, 0.1) is 6.54 Å². The normalized spacial score (nSPS) is 17.9. The van der Waals surface area contributed by atoms with Crippen molar-refractivity contribution in [3.63, 3.8) is 0 Å². The Morgan fingerprint density at radius 3 is 2.30 bits per heavy atom. The van der Waals surface area contributed by atoms with E-state index in [0.717, 1.165) is 12.8 Å². The maximum absolute atomic E-state index is 13.8. The minimum atomic E-state index is -0.528. The molecule has 0 aliphatic heterocycles. The fraction of sp³-hybridized carbons (Fsp3) is 0.533. The Morgan fingerprint density at radius 1 is 1.30 bits per heavy atom. The summed E-state index contributed by atoms with van der Waals surface area (Å²) in [7, 11) is 0. The van der Waals surface area contributed by atoms with Gasteiger partial charge in [0.1, 0.15) is 11.6 Å². The molecule has 20 heavy (non-hydrogen) atoms. The second-order valence-corrected chi connectivity index (χ2v) is 6.45. The molecule has 1 aromatic carbocycles. The molecule has 1 aliphatic carbocycles. The lowest BCUT2D eigenvalue weighted by atomic mass is 9.95. The Kier molecular flexibility index (Phi) is 3.71. The number of halogens is 2. The van der Waals surface area contributed by atoms with E-state index in [1.54, 1.807) is 0 Å². The zero-order valence-electron chi connectivity index (χ0n) is 12.1. The maximum Gasteiger partial charge on any atom is 0.189 e. The quantitative estimate of drug-likeness (QED) is 0.661. The van der Waals surface area contributed by atoms with Crippen LogP contribution in [0.2, 0.25) is 0 Å². The maximum atomic E-state index is 13.8. The predicted molar refractivity (Wildman–Crippen MR) is 76.6 cm³/mol. The van der Waals surface area contributed by atoms with E-state index in [1.165, 1.54) is 18.2 Å². The molecule has 1 aromatic rings. The van der Waals surface area contributed by atoms with Gasteiger partial charge in [-0.1, -0.05) is 6.07 Å². The number of nitrogens with two attached hydrogens (primary N) is 1. The highest BCUT2D eigenvalue weighted by atomic mass is 19.1. The van der Waals surface area contributed by atoms with Gasteiger partial charge in [0.2, 0.25) is 0 Å². The van der Waals surface area contributed by atoms with Gasteiger partial charge in [-0.2, -0.15) is 0 Å². The SMILES string of the molecule is CC(C)(C)NC(N)=NCC1(c2c(F)cccc2F)CC1.